The van der Waals surface area contributed by atoms with E-state index in [9.17, 15) is 34.8 Å². The molecule has 0 heterocycles. The largest absolute Gasteiger partial charge is 0.511 e. The maximum absolute atomic E-state index is 15.8. The SMILES string of the molecule is CCN(Cc1cc(O)c2c(c1F)CC1C[C@H]3CC(O)=C(C(N)=O)C(=O)[C@@]3(O)C(O)=C1C2=O)CC(C)(C)C. The summed E-state index contributed by atoms with van der Waals surface area (Å²) in [6, 6.07) is 1.20. The van der Waals surface area contributed by atoms with Gasteiger partial charge in [0.15, 0.2) is 11.4 Å². The number of aliphatic hydroxyl groups excluding tert-OH is 2. The van der Waals surface area contributed by atoms with Gasteiger partial charge in [-0.3, -0.25) is 19.3 Å². The molecule has 1 amide bonds. The number of allylic oxidation sites excluding steroid dienone is 2. The van der Waals surface area contributed by atoms with Gasteiger partial charge in [0.1, 0.15) is 28.7 Å². The summed E-state index contributed by atoms with van der Waals surface area (Å²) in [5.74, 6) is -7.92. The Labute approximate surface area is 214 Å². The molecule has 3 aliphatic rings. The molecular weight excluding hydrogens is 483 g/mol. The molecule has 6 N–H and O–H groups in total. The Balaban J connectivity index is 1.78. The summed E-state index contributed by atoms with van der Waals surface area (Å²) in [6.45, 7) is 9.70. The van der Waals surface area contributed by atoms with Crippen molar-refractivity contribution in [2.45, 2.75) is 59.1 Å². The van der Waals surface area contributed by atoms with Crippen LogP contribution < -0.4 is 5.73 Å². The second kappa shape index (κ2) is 8.95. The van der Waals surface area contributed by atoms with E-state index >= 15 is 4.39 Å². The lowest BCUT2D eigenvalue weighted by atomic mass is 9.60. The molecule has 0 fully saturated rings. The summed E-state index contributed by atoms with van der Waals surface area (Å²) >= 11 is 0. The number of carbonyl (C=O) groups is 3. The highest BCUT2D eigenvalue weighted by molar-refractivity contribution is 6.24. The van der Waals surface area contributed by atoms with Crippen molar-refractivity contribution in [2.24, 2.45) is 23.0 Å². The van der Waals surface area contributed by atoms with E-state index < -0.39 is 63.6 Å². The number of Topliss-reactive ketones (excluding diaryl/α,β-unsaturated/α-hetero) is 2. The number of aromatic hydroxyl groups is 1. The zero-order chi connectivity index (χ0) is 27.6. The van der Waals surface area contributed by atoms with Crippen LogP contribution in [0.2, 0.25) is 0 Å². The minimum atomic E-state index is -2.64. The Morgan fingerprint density at radius 3 is 2.43 bits per heavy atom. The molecule has 1 unspecified atom stereocenters. The lowest BCUT2D eigenvalue weighted by Crippen LogP contribution is -2.57. The van der Waals surface area contributed by atoms with E-state index in [0.717, 1.165) is 0 Å². The normalized spacial score (nSPS) is 25.8. The molecule has 0 bridgehead atoms. The number of halogens is 1. The maximum atomic E-state index is 15.8. The average Bonchev–Trinajstić information content (AvgIpc) is 2.77. The highest BCUT2D eigenvalue weighted by Gasteiger charge is 2.59. The van der Waals surface area contributed by atoms with Crippen LogP contribution in [0.15, 0.2) is 28.7 Å². The second-order valence-electron chi connectivity index (χ2n) is 11.5. The lowest BCUT2D eigenvalue weighted by Gasteiger charge is -2.45. The molecule has 37 heavy (non-hydrogen) atoms. The summed E-state index contributed by atoms with van der Waals surface area (Å²) in [7, 11) is 0. The highest BCUT2D eigenvalue weighted by Crippen LogP contribution is 2.51. The molecule has 0 spiro atoms. The number of aliphatic hydroxyl groups is 3. The topological polar surface area (TPSA) is 161 Å². The molecule has 1 aromatic carbocycles. The third-order valence-corrected chi connectivity index (χ3v) is 7.61. The van der Waals surface area contributed by atoms with Gasteiger partial charge in [-0.1, -0.05) is 27.7 Å². The third-order valence-electron chi connectivity index (χ3n) is 7.61. The van der Waals surface area contributed by atoms with Crippen LogP contribution in [0.1, 0.15) is 62.0 Å². The predicted molar refractivity (Wildman–Crippen MR) is 131 cm³/mol. The third kappa shape index (κ3) is 4.21. The Kier molecular flexibility index (Phi) is 6.49. The van der Waals surface area contributed by atoms with Crippen LogP contribution in [-0.2, 0) is 22.6 Å². The molecule has 9 nitrogen and oxygen atoms in total. The summed E-state index contributed by atoms with van der Waals surface area (Å²) in [5, 5.41) is 43.3. The number of primary amides is 1. The van der Waals surface area contributed by atoms with Crippen molar-refractivity contribution in [1.29, 1.82) is 0 Å². The first kappa shape index (κ1) is 26.8. The fraction of sp³-hybridized carbons (Fsp3) is 0.519. The Hall–Kier alpha value is -3.24. The van der Waals surface area contributed by atoms with Gasteiger partial charge < -0.3 is 26.2 Å². The number of nitrogens with two attached hydrogens (primary N) is 1. The first-order valence-corrected chi connectivity index (χ1v) is 12.3. The van der Waals surface area contributed by atoms with Gasteiger partial charge in [-0.05, 0) is 36.8 Å². The van der Waals surface area contributed by atoms with E-state index in [0.29, 0.717) is 13.1 Å². The Morgan fingerprint density at radius 2 is 1.86 bits per heavy atom. The highest BCUT2D eigenvalue weighted by atomic mass is 19.1. The zero-order valence-electron chi connectivity index (χ0n) is 21.4. The molecule has 1 aromatic rings. The van der Waals surface area contributed by atoms with E-state index in [4.69, 9.17) is 5.73 Å². The summed E-state index contributed by atoms with van der Waals surface area (Å²) < 4.78 is 15.8. The quantitative estimate of drug-likeness (QED) is 0.373. The Bertz CT molecular complexity index is 1280. The standard InChI is InChI=1S/C27H33FN2O7/c1-5-30(11-26(2,3)4)10-13-8-16(31)19-15(21(13)28)7-12-6-14-9-17(32)20(25(29)36)24(35)27(14,37)23(34)18(12)22(19)33/h8,12,14,31-32,34,37H,5-7,9-11H2,1-4H3,(H2,29,36)/t12?,14-,27-/m0/s1. The molecule has 0 aliphatic heterocycles. The average molecular weight is 517 g/mol. The van der Waals surface area contributed by atoms with Crippen LogP contribution in [-0.4, -0.2) is 61.5 Å². The van der Waals surface area contributed by atoms with Crippen molar-refractivity contribution < 1.29 is 39.2 Å². The minimum Gasteiger partial charge on any atom is -0.511 e. The minimum absolute atomic E-state index is 0.0125. The smallest absolute Gasteiger partial charge is 0.255 e. The van der Waals surface area contributed by atoms with Crippen LogP contribution in [0.5, 0.6) is 5.75 Å². The molecule has 0 saturated carbocycles. The Morgan fingerprint density at radius 1 is 1.22 bits per heavy atom. The van der Waals surface area contributed by atoms with Gasteiger partial charge in [-0.25, -0.2) is 4.39 Å². The van der Waals surface area contributed by atoms with E-state index in [2.05, 4.69) is 20.8 Å². The maximum Gasteiger partial charge on any atom is 0.255 e. The van der Waals surface area contributed by atoms with Crippen LogP contribution in [0.4, 0.5) is 4.39 Å². The van der Waals surface area contributed by atoms with Gasteiger partial charge in [-0.2, -0.15) is 0 Å². The van der Waals surface area contributed by atoms with Gasteiger partial charge in [0.2, 0.25) is 5.78 Å². The molecule has 10 heteroatoms. The van der Waals surface area contributed by atoms with Crippen LogP contribution in [0.25, 0.3) is 0 Å². The lowest BCUT2D eigenvalue weighted by molar-refractivity contribution is -0.144. The first-order chi connectivity index (χ1) is 17.1. The predicted octanol–water partition coefficient (Wildman–Crippen LogP) is 2.59. The number of hydrogen-bond acceptors (Lipinski definition) is 8. The van der Waals surface area contributed by atoms with E-state index in [1.54, 1.807) is 0 Å². The number of phenolic OH excluding ortho intramolecular Hbond substituents is 1. The molecule has 0 radical (unpaired) electrons. The molecule has 4 rings (SSSR count). The van der Waals surface area contributed by atoms with Crippen LogP contribution in [0, 0.1) is 23.1 Å². The van der Waals surface area contributed by atoms with E-state index in [1.165, 1.54) is 6.07 Å². The van der Waals surface area contributed by atoms with Crippen LogP contribution >= 0.6 is 0 Å². The summed E-state index contributed by atoms with van der Waals surface area (Å²) in [4.78, 5) is 40.2. The van der Waals surface area contributed by atoms with Gasteiger partial charge in [0, 0.05) is 42.1 Å². The zero-order valence-corrected chi connectivity index (χ0v) is 21.4. The van der Waals surface area contributed by atoms with Crippen molar-refractivity contribution in [3.8, 4) is 5.75 Å². The molecule has 0 saturated heterocycles. The molecule has 3 aliphatic carbocycles. The molecule has 200 valence electrons. The number of amides is 1. The van der Waals surface area contributed by atoms with Gasteiger partial charge in [0.25, 0.3) is 5.91 Å². The number of ketones is 2. The monoisotopic (exact) mass is 516 g/mol. The number of carbonyl (C=O) groups excluding carboxylic acids is 3. The van der Waals surface area contributed by atoms with Crippen molar-refractivity contribution >= 4 is 17.5 Å². The van der Waals surface area contributed by atoms with E-state index in [1.807, 2.05) is 11.8 Å². The second-order valence-corrected chi connectivity index (χ2v) is 11.5. The van der Waals surface area contributed by atoms with Crippen LogP contribution in [0.3, 0.4) is 0 Å². The number of fused-ring (bicyclic) bond motifs is 3. The van der Waals surface area contributed by atoms with E-state index in [-0.39, 0.29) is 53.5 Å². The van der Waals surface area contributed by atoms with Crippen molar-refractivity contribution in [3.63, 3.8) is 0 Å². The number of rotatable bonds is 5. The molecule has 3 atom stereocenters. The first-order valence-electron chi connectivity index (χ1n) is 12.3. The summed E-state index contributed by atoms with van der Waals surface area (Å²) in [5.41, 5.74) is 1.30. The van der Waals surface area contributed by atoms with Gasteiger partial charge >= 0.3 is 0 Å². The fourth-order valence-corrected chi connectivity index (χ4v) is 6.03. The molecule has 0 aromatic heterocycles. The summed E-state index contributed by atoms with van der Waals surface area (Å²) in [6.07, 6.45) is -0.438. The fourth-order valence-electron chi connectivity index (χ4n) is 6.03. The van der Waals surface area contributed by atoms with Gasteiger partial charge in [-0.15, -0.1) is 0 Å². The number of nitrogens with zero attached hydrogens (tertiary/aromatic N) is 1. The number of hydrogen-bond donors (Lipinski definition) is 5. The van der Waals surface area contributed by atoms with Gasteiger partial charge in [0.05, 0.1) is 5.56 Å². The van der Waals surface area contributed by atoms with Crippen molar-refractivity contribution in [1.82, 2.24) is 4.90 Å². The number of phenols is 1. The van der Waals surface area contributed by atoms with Crippen molar-refractivity contribution in [3.05, 3.63) is 51.2 Å². The number of benzene rings is 1. The molecular formula is C27H33FN2O7. The van der Waals surface area contributed by atoms with Crippen molar-refractivity contribution in [2.75, 3.05) is 13.1 Å².